The molecule has 0 atom stereocenters. The van der Waals surface area contributed by atoms with Crippen LogP contribution in [0.25, 0.3) is 0 Å². The summed E-state index contributed by atoms with van der Waals surface area (Å²) in [4.78, 5) is 0.303. The summed E-state index contributed by atoms with van der Waals surface area (Å²) in [5.41, 5.74) is 0.270. The number of piperidine rings is 1. The van der Waals surface area contributed by atoms with Crippen molar-refractivity contribution < 1.29 is 17.9 Å². The zero-order chi connectivity index (χ0) is 16.9. The van der Waals surface area contributed by atoms with Crippen molar-refractivity contribution in [1.82, 2.24) is 14.1 Å². The van der Waals surface area contributed by atoms with E-state index in [-0.39, 0.29) is 5.41 Å². The van der Waals surface area contributed by atoms with Crippen LogP contribution in [-0.2, 0) is 32.0 Å². The Balaban J connectivity index is 1.86. The Morgan fingerprint density at radius 1 is 1.17 bits per heavy atom. The molecule has 2 aliphatic rings. The van der Waals surface area contributed by atoms with Gasteiger partial charge in [0.1, 0.15) is 4.90 Å². The highest BCUT2D eigenvalue weighted by Crippen LogP contribution is 2.35. The predicted molar refractivity (Wildman–Crippen MR) is 84.5 cm³/mol. The SMILES string of the molecule is Cn1cc(S(=O)(=O)N2CCC3(CC2)OCCO3)c(C(C)(C)C)n1. The summed E-state index contributed by atoms with van der Waals surface area (Å²) < 4.78 is 40.6. The molecule has 3 rings (SSSR count). The van der Waals surface area contributed by atoms with Crippen LogP contribution in [0.3, 0.4) is 0 Å². The standard InChI is InChI=1S/C15H25N3O4S/c1-14(2,3)13-12(11-17(4)16-13)23(19,20)18-7-5-15(6-8-18)21-9-10-22-15/h11H,5-10H2,1-4H3. The van der Waals surface area contributed by atoms with Crippen LogP contribution in [0.15, 0.2) is 11.1 Å². The molecule has 1 spiro atoms. The van der Waals surface area contributed by atoms with Crippen molar-refractivity contribution in [2.24, 2.45) is 7.05 Å². The fraction of sp³-hybridized carbons (Fsp3) is 0.800. The van der Waals surface area contributed by atoms with Gasteiger partial charge < -0.3 is 9.47 Å². The summed E-state index contributed by atoms with van der Waals surface area (Å²) in [5.74, 6) is -0.576. The third-order valence-corrected chi connectivity index (χ3v) is 6.32. The van der Waals surface area contributed by atoms with Gasteiger partial charge in [0.2, 0.25) is 10.0 Å². The molecule has 7 nitrogen and oxygen atoms in total. The first-order valence-corrected chi connectivity index (χ1v) is 9.40. The van der Waals surface area contributed by atoms with Crippen LogP contribution in [0.2, 0.25) is 0 Å². The molecular formula is C15H25N3O4S. The van der Waals surface area contributed by atoms with Crippen molar-refractivity contribution in [2.45, 2.75) is 49.7 Å². The first kappa shape index (κ1) is 16.9. The summed E-state index contributed by atoms with van der Waals surface area (Å²) in [6.45, 7) is 7.90. The minimum absolute atomic E-state index is 0.303. The first-order valence-electron chi connectivity index (χ1n) is 7.96. The molecule has 0 bridgehead atoms. The Kier molecular flexibility index (Phi) is 4.07. The van der Waals surface area contributed by atoms with Gasteiger partial charge in [0.05, 0.1) is 18.9 Å². The lowest BCUT2D eigenvalue weighted by atomic mass is 9.92. The van der Waals surface area contributed by atoms with Gasteiger partial charge in [-0.1, -0.05) is 20.8 Å². The van der Waals surface area contributed by atoms with Gasteiger partial charge in [-0.05, 0) is 0 Å². The molecular weight excluding hydrogens is 318 g/mol. The third-order valence-electron chi connectivity index (χ3n) is 4.42. The van der Waals surface area contributed by atoms with Crippen LogP contribution in [0, 0.1) is 0 Å². The van der Waals surface area contributed by atoms with Crippen LogP contribution >= 0.6 is 0 Å². The number of sulfonamides is 1. The summed E-state index contributed by atoms with van der Waals surface area (Å²) in [7, 11) is -1.81. The van der Waals surface area contributed by atoms with Crippen LogP contribution in [0.5, 0.6) is 0 Å². The second-order valence-electron chi connectivity index (χ2n) is 7.28. The fourth-order valence-corrected chi connectivity index (χ4v) is 4.99. The highest BCUT2D eigenvalue weighted by Gasteiger charge is 2.43. The molecule has 0 radical (unpaired) electrons. The number of rotatable bonds is 2. The predicted octanol–water partition coefficient (Wildman–Crippen LogP) is 1.25. The van der Waals surface area contributed by atoms with E-state index in [9.17, 15) is 8.42 Å². The van der Waals surface area contributed by atoms with E-state index in [0.29, 0.717) is 49.7 Å². The van der Waals surface area contributed by atoms with Gasteiger partial charge in [0.15, 0.2) is 5.79 Å². The lowest BCUT2D eigenvalue weighted by molar-refractivity contribution is -0.179. The maximum atomic E-state index is 13.1. The summed E-state index contributed by atoms with van der Waals surface area (Å²) in [6, 6.07) is 0. The minimum Gasteiger partial charge on any atom is -0.347 e. The van der Waals surface area contributed by atoms with Gasteiger partial charge in [-0.15, -0.1) is 0 Å². The van der Waals surface area contributed by atoms with E-state index in [1.165, 1.54) is 4.31 Å². The quantitative estimate of drug-likeness (QED) is 0.808. The normalized spacial score (nSPS) is 22.8. The Hall–Kier alpha value is -0.960. The van der Waals surface area contributed by atoms with E-state index in [1.54, 1.807) is 17.9 Å². The lowest BCUT2D eigenvalue weighted by Gasteiger charge is -2.37. The van der Waals surface area contributed by atoms with Crippen molar-refractivity contribution in [1.29, 1.82) is 0 Å². The van der Waals surface area contributed by atoms with Crippen molar-refractivity contribution in [2.75, 3.05) is 26.3 Å². The molecule has 0 aromatic carbocycles. The smallest absolute Gasteiger partial charge is 0.246 e. The molecule has 3 heterocycles. The third kappa shape index (κ3) is 3.05. The van der Waals surface area contributed by atoms with Crippen LogP contribution in [0.4, 0.5) is 0 Å². The number of aryl methyl sites for hydroxylation is 1. The summed E-state index contributed by atoms with van der Waals surface area (Å²) >= 11 is 0. The van der Waals surface area contributed by atoms with Crippen molar-refractivity contribution >= 4 is 10.0 Å². The lowest BCUT2D eigenvalue weighted by Crippen LogP contribution is -2.47. The molecule has 0 unspecified atom stereocenters. The molecule has 130 valence electrons. The van der Waals surface area contributed by atoms with Gasteiger partial charge in [-0.25, -0.2) is 8.42 Å². The Labute approximate surface area is 137 Å². The average Bonchev–Trinajstić information content (AvgIpc) is 3.06. The fourth-order valence-electron chi connectivity index (χ4n) is 3.17. The van der Waals surface area contributed by atoms with Crippen LogP contribution in [-0.4, -0.2) is 54.6 Å². The Morgan fingerprint density at radius 3 is 2.26 bits per heavy atom. The molecule has 23 heavy (non-hydrogen) atoms. The van der Waals surface area contributed by atoms with Gasteiger partial charge in [0.25, 0.3) is 0 Å². The van der Waals surface area contributed by atoms with Gasteiger partial charge in [-0.3, -0.25) is 4.68 Å². The zero-order valence-electron chi connectivity index (χ0n) is 14.2. The Bertz CT molecular complexity index is 674. The van der Waals surface area contributed by atoms with Crippen molar-refractivity contribution in [3.63, 3.8) is 0 Å². The Morgan fingerprint density at radius 2 is 1.74 bits per heavy atom. The number of hydrogen-bond acceptors (Lipinski definition) is 5. The molecule has 8 heteroatoms. The number of ether oxygens (including phenoxy) is 2. The maximum absolute atomic E-state index is 13.1. The second kappa shape index (κ2) is 5.54. The van der Waals surface area contributed by atoms with E-state index in [4.69, 9.17) is 9.47 Å². The van der Waals surface area contributed by atoms with Gasteiger partial charge in [-0.2, -0.15) is 9.40 Å². The molecule has 0 aliphatic carbocycles. The molecule has 2 saturated heterocycles. The number of hydrogen-bond donors (Lipinski definition) is 0. The monoisotopic (exact) mass is 343 g/mol. The zero-order valence-corrected chi connectivity index (χ0v) is 15.0. The van der Waals surface area contributed by atoms with Crippen LogP contribution < -0.4 is 0 Å². The molecule has 0 saturated carbocycles. The maximum Gasteiger partial charge on any atom is 0.246 e. The minimum atomic E-state index is -3.56. The number of aromatic nitrogens is 2. The average molecular weight is 343 g/mol. The molecule has 1 aromatic heterocycles. The molecule has 1 aromatic rings. The summed E-state index contributed by atoms with van der Waals surface area (Å²) in [6.07, 6.45) is 2.73. The second-order valence-corrected chi connectivity index (χ2v) is 9.18. The summed E-state index contributed by atoms with van der Waals surface area (Å²) in [5, 5.41) is 4.38. The van der Waals surface area contributed by atoms with Crippen LogP contribution in [0.1, 0.15) is 39.3 Å². The van der Waals surface area contributed by atoms with E-state index in [1.807, 2.05) is 20.8 Å². The molecule has 2 fully saturated rings. The van der Waals surface area contributed by atoms with Crippen molar-refractivity contribution in [3.8, 4) is 0 Å². The highest BCUT2D eigenvalue weighted by atomic mass is 32.2. The molecule has 0 amide bonds. The first-order chi connectivity index (χ1) is 10.6. The number of nitrogens with zero attached hydrogens (tertiary/aromatic N) is 3. The largest absolute Gasteiger partial charge is 0.347 e. The van der Waals surface area contributed by atoms with Gasteiger partial charge >= 0.3 is 0 Å². The van der Waals surface area contributed by atoms with Crippen molar-refractivity contribution in [3.05, 3.63) is 11.9 Å². The van der Waals surface area contributed by atoms with E-state index in [2.05, 4.69) is 5.10 Å². The highest BCUT2D eigenvalue weighted by molar-refractivity contribution is 7.89. The van der Waals surface area contributed by atoms with E-state index >= 15 is 0 Å². The molecule has 0 N–H and O–H groups in total. The van der Waals surface area contributed by atoms with E-state index < -0.39 is 15.8 Å². The van der Waals surface area contributed by atoms with E-state index in [0.717, 1.165) is 0 Å². The van der Waals surface area contributed by atoms with Gasteiger partial charge in [0, 0.05) is 44.6 Å². The topological polar surface area (TPSA) is 73.7 Å². The molecule has 2 aliphatic heterocycles.